The molecule has 0 aliphatic carbocycles. The van der Waals surface area contributed by atoms with E-state index in [0.29, 0.717) is 6.04 Å². The van der Waals surface area contributed by atoms with Gasteiger partial charge in [-0.15, -0.1) is 0 Å². The van der Waals surface area contributed by atoms with E-state index in [1.54, 1.807) is 0 Å². The van der Waals surface area contributed by atoms with Crippen molar-refractivity contribution < 1.29 is 0 Å². The van der Waals surface area contributed by atoms with E-state index in [9.17, 15) is 0 Å². The van der Waals surface area contributed by atoms with E-state index in [4.69, 9.17) is 0 Å². The summed E-state index contributed by atoms with van der Waals surface area (Å²) in [5, 5.41) is 6.12. The number of hydrogen-bond acceptors (Lipinski definition) is 1. The molecule has 2 rings (SSSR count). The molecule has 0 saturated carbocycles. The molecule has 0 aromatic heterocycles. The molecule has 0 heterocycles. The minimum absolute atomic E-state index is 0.424. The molecule has 2 aromatic carbocycles. The molecular formula is C17H22BrN. The fourth-order valence-corrected chi connectivity index (χ4v) is 3.04. The van der Waals surface area contributed by atoms with Crippen LogP contribution in [0.25, 0.3) is 10.8 Å². The third-order valence-electron chi connectivity index (χ3n) is 3.96. The zero-order valence-electron chi connectivity index (χ0n) is 11.9. The maximum Gasteiger partial charge on any atom is 0.0326 e. The van der Waals surface area contributed by atoms with E-state index < -0.39 is 0 Å². The Labute approximate surface area is 124 Å². The van der Waals surface area contributed by atoms with Gasteiger partial charge in [0.05, 0.1) is 0 Å². The van der Waals surface area contributed by atoms with Gasteiger partial charge in [0.25, 0.3) is 0 Å². The van der Waals surface area contributed by atoms with Crippen molar-refractivity contribution in [2.75, 3.05) is 7.05 Å². The Morgan fingerprint density at radius 3 is 2.42 bits per heavy atom. The van der Waals surface area contributed by atoms with E-state index >= 15 is 0 Å². The Hall–Kier alpha value is -0.860. The van der Waals surface area contributed by atoms with Gasteiger partial charge in [0.1, 0.15) is 0 Å². The molecule has 0 saturated heterocycles. The van der Waals surface area contributed by atoms with Gasteiger partial charge in [-0.3, -0.25) is 0 Å². The Kier molecular flexibility index (Phi) is 5.00. The minimum atomic E-state index is 0.424. The predicted molar refractivity (Wildman–Crippen MR) is 87.5 cm³/mol. The van der Waals surface area contributed by atoms with Crippen LogP contribution in [-0.2, 0) is 0 Å². The maximum atomic E-state index is 3.65. The lowest BCUT2D eigenvalue weighted by Gasteiger charge is -2.22. The summed E-state index contributed by atoms with van der Waals surface area (Å²) in [4.78, 5) is 0. The fourth-order valence-electron chi connectivity index (χ4n) is 2.56. The highest BCUT2D eigenvalue weighted by Gasteiger charge is 2.15. The second kappa shape index (κ2) is 6.53. The van der Waals surface area contributed by atoms with Crippen molar-refractivity contribution in [2.45, 2.75) is 32.7 Å². The largest absolute Gasteiger partial charge is 0.313 e. The average Bonchev–Trinajstić information content (AvgIpc) is 2.45. The van der Waals surface area contributed by atoms with Crippen LogP contribution in [0.2, 0.25) is 0 Å². The van der Waals surface area contributed by atoms with Gasteiger partial charge in [-0.2, -0.15) is 0 Å². The van der Waals surface area contributed by atoms with Crippen LogP contribution in [0, 0.1) is 5.92 Å². The standard InChI is InChI=1S/C17H22BrN/c1-4-12(2)11-17(19-3)15-9-10-16(18)14-8-6-5-7-13(14)15/h5-10,12,17,19H,4,11H2,1-3H3. The van der Waals surface area contributed by atoms with Crippen molar-refractivity contribution >= 4 is 26.7 Å². The van der Waals surface area contributed by atoms with Crippen molar-refractivity contribution in [3.05, 3.63) is 46.4 Å². The highest BCUT2D eigenvalue weighted by atomic mass is 79.9. The SMILES string of the molecule is CCC(C)CC(NC)c1ccc(Br)c2ccccc12. The molecule has 2 heteroatoms. The van der Waals surface area contributed by atoms with Gasteiger partial charge >= 0.3 is 0 Å². The minimum Gasteiger partial charge on any atom is -0.313 e. The summed E-state index contributed by atoms with van der Waals surface area (Å²) >= 11 is 3.65. The lowest BCUT2D eigenvalue weighted by molar-refractivity contribution is 0.423. The predicted octanol–water partition coefficient (Wildman–Crippen LogP) is 5.30. The first-order valence-corrected chi connectivity index (χ1v) is 7.81. The molecule has 0 amide bonds. The second-order valence-electron chi connectivity index (χ2n) is 5.27. The summed E-state index contributed by atoms with van der Waals surface area (Å²) in [6.07, 6.45) is 2.41. The van der Waals surface area contributed by atoms with Crippen molar-refractivity contribution in [3.63, 3.8) is 0 Å². The lowest BCUT2D eigenvalue weighted by Crippen LogP contribution is -2.19. The highest BCUT2D eigenvalue weighted by molar-refractivity contribution is 9.10. The summed E-state index contributed by atoms with van der Waals surface area (Å²) in [6, 6.07) is 13.4. The van der Waals surface area contributed by atoms with Crippen LogP contribution >= 0.6 is 15.9 Å². The van der Waals surface area contributed by atoms with Gasteiger partial charge in [0.15, 0.2) is 0 Å². The number of hydrogen-bond donors (Lipinski definition) is 1. The molecule has 0 aliphatic heterocycles. The summed E-state index contributed by atoms with van der Waals surface area (Å²) in [5.41, 5.74) is 1.40. The molecule has 0 bridgehead atoms. The van der Waals surface area contributed by atoms with Crippen molar-refractivity contribution in [1.29, 1.82) is 0 Å². The number of halogens is 1. The second-order valence-corrected chi connectivity index (χ2v) is 6.13. The Morgan fingerprint density at radius 2 is 1.79 bits per heavy atom. The van der Waals surface area contributed by atoms with E-state index in [0.717, 1.165) is 5.92 Å². The van der Waals surface area contributed by atoms with Crippen molar-refractivity contribution in [1.82, 2.24) is 5.32 Å². The van der Waals surface area contributed by atoms with Gasteiger partial charge in [0.2, 0.25) is 0 Å². The zero-order chi connectivity index (χ0) is 13.8. The maximum absolute atomic E-state index is 3.65. The molecule has 0 aliphatic rings. The Bertz CT molecular complexity index is 550. The molecule has 102 valence electrons. The first-order valence-electron chi connectivity index (χ1n) is 7.01. The van der Waals surface area contributed by atoms with Crippen LogP contribution in [0.1, 0.15) is 38.3 Å². The van der Waals surface area contributed by atoms with Gasteiger partial charge < -0.3 is 5.32 Å². The van der Waals surface area contributed by atoms with Crippen LogP contribution in [-0.4, -0.2) is 7.05 Å². The van der Waals surface area contributed by atoms with Gasteiger partial charge in [-0.1, -0.05) is 66.5 Å². The first-order chi connectivity index (χ1) is 9.17. The lowest BCUT2D eigenvalue weighted by atomic mass is 9.91. The summed E-state index contributed by atoms with van der Waals surface area (Å²) < 4.78 is 1.17. The normalized spacial score (nSPS) is 14.5. The highest BCUT2D eigenvalue weighted by Crippen LogP contribution is 2.32. The molecule has 2 unspecified atom stereocenters. The summed E-state index contributed by atoms with van der Waals surface area (Å²) in [5.74, 6) is 0.736. The van der Waals surface area contributed by atoms with Crippen molar-refractivity contribution in [2.24, 2.45) is 5.92 Å². The number of rotatable bonds is 5. The molecule has 1 N–H and O–H groups in total. The molecular weight excluding hydrogens is 298 g/mol. The quantitative estimate of drug-likeness (QED) is 0.788. The van der Waals surface area contributed by atoms with Crippen LogP contribution in [0.3, 0.4) is 0 Å². The zero-order valence-corrected chi connectivity index (χ0v) is 13.5. The van der Waals surface area contributed by atoms with E-state index in [-0.39, 0.29) is 0 Å². The third-order valence-corrected chi connectivity index (χ3v) is 4.65. The number of benzene rings is 2. The monoisotopic (exact) mass is 319 g/mol. The molecule has 19 heavy (non-hydrogen) atoms. The van der Waals surface area contributed by atoms with E-state index in [2.05, 4.69) is 78.5 Å². The molecule has 1 nitrogen and oxygen atoms in total. The number of fused-ring (bicyclic) bond motifs is 1. The number of nitrogens with one attached hydrogen (secondary N) is 1. The average molecular weight is 320 g/mol. The van der Waals surface area contributed by atoms with Gasteiger partial charge in [-0.05, 0) is 41.8 Å². The molecule has 2 aromatic rings. The summed E-state index contributed by atoms with van der Waals surface area (Å²) in [7, 11) is 2.06. The van der Waals surface area contributed by atoms with Gasteiger partial charge in [-0.25, -0.2) is 0 Å². The van der Waals surface area contributed by atoms with Crippen LogP contribution in [0.5, 0.6) is 0 Å². The summed E-state index contributed by atoms with van der Waals surface area (Å²) in [6.45, 7) is 4.59. The van der Waals surface area contributed by atoms with Crippen molar-refractivity contribution in [3.8, 4) is 0 Å². The Morgan fingerprint density at radius 1 is 1.11 bits per heavy atom. The smallest absolute Gasteiger partial charge is 0.0326 e. The third kappa shape index (κ3) is 3.18. The van der Waals surface area contributed by atoms with Crippen LogP contribution in [0.4, 0.5) is 0 Å². The van der Waals surface area contributed by atoms with Gasteiger partial charge in [0, 0.05) is 10.5 Å². The van der Waals surface area contributed by atoms with Crippen LogP contribution < -0.4 is 5.32 Å². The first kappa shape index (κ1) is 14.5. The molecule has 0 radical (unpaired) electrons. The fraction of sp³-hybridized carbons (Fsp3) is 0.412. The topological polar surface area (TPSA) is 12.0 Å². The van der Waals surface area contributed by atoms with Crippen LogP contribution in [0.15, 0.2) is 40.9 Å². The molecule has 2 atom stereocenters. The van der Waals surface area contributed by atoms with E-state index in [1.807, 2.05) is 0 Å². The molecule has 0 fully saturated rings. The Balaban J connectivity index is 2.46. The van der Waals surface area contributed by atoms with E-state index in [1.165, 1.54) is 33.7 Å². The molecule has 0 spiro atoms.